The molecule has 1 saturated heterocycles. The van der Waals surface area contributed by atoms with Crippen molar-refractivity contribution in [1.82, 2.24) is 14.8 Å². The van der Waals surface area contributed by atoms with Crippen LogP contribution in [0.4, 0.5) is 0 Å². The van der Waals surface area contributed by atoms with Crippen LogP contribution in [-0.4, -0.2) is 59.9 Å². The summed E-state index contributed by atoms with van der Waals surface area (Å²) in [7, 11) is 1.60. The van der Waals surface area contributed by atoms with Gasteiger partial charge in [-0.1, -0.05) is 12.1 Å². The van der Waals surface area contributed by atoms with Gasteiger partial charge in [-0.3, -0.25) is 9.59 Å². The van der Waals surface area contributed by atoms with Crippen molar-refractivity contribution in [3.8, 4) is 15.6 Å². The Kier molecular flexibility index (Phi) is 5.63. The molecule has 1 aliphatic heterocycles. The Balaban J connectivity index is 1.23. The van der Waals surface area contributed by atoms with Crippen LogP contribution >= 0.6 is 22.7 Å². The summed E-state index contributed by atoms with van der Waals surface area (Å²) < 4.78 is 6.29. The number of carbonyl (C=O) groups excluding carboxylic acids is 2. The molecule has 6 nitrogen and oxygen atoms in total. The largest absolute Gasteiger partial charge is 0.497 e. The zero-order valence-electron chi connectivity index (χ0n) is 17.5. The van der Waals surface area contributed by atoms with E-state index < -0.39 is 0 Å². The third-order valence-corrected chi connectivity index (χ3v) is 7.79. The molecule has 162 valence electrons. The predicted octanol–water partition coefficient (Wildman–Crippen LogP) is 4.63. The summed E-state index contributed by atoms with van der Waals surface area (Å²) in [5.41, 5.74) is 1.61. The van der Waals surface area contributed by atoms with E-state index >= 15 is 0 Å². The lowest BCUT2D eigenvalue weighted by atomic mass is 10.1. The summed E-state index contributed by atoms with van der Waals surface area (Å²) in [6, 6.07) is 19.0. The van der Waals surface area contributed by atoms with E-state index in [0.29, 0.717) is 36.6 Å². The van der Waals surface area contributed by atoms with E-state index in [1.807, 2.05) is 35.2 Å². The molecule has 4 aromatic rings. The van der Waals surface area contributed by atoms with Gasteiger partial charge in [-0.2, -0.15) is 0 Å². The number of fused-ring (bicyclic) bond motifs is 1. The average Bonchev–Trinajstić information content (AvgIpc) is 3.50. The van der Waals surface area contributed by atoms with Gasteiger partial charge in [0.25, 0.3) is 11.8 Å². The third-order valence-electron chi connectivity index (χ3n) is 5.51. The molecular formula is C24H21N3O3S2. The quantitative estimate of drug-likeness (QED) is 0.443. The Morgan fingerprint density at radius 2 is 1.53 bits per heavy atom. The van der Waals surface area contributed by atoms with Crippen molar-refractivity contribution in [2.75, 3.05) is 33.3 Å². The Morgan fingerprint density at radius 3 is 2.22 bits per heavy atom. The second-order valence-corrected chi connectivity index (χ2v) is 9.58. The molecule has 2 aromatic heterocycles. The van der Waals surface area contributed by atoms with Gasteiger partial charge in [0.1, 0.15) is 10.8 Å². The second-order valence-electron chi connectivity index (χ2n) is 7.46. The molecule has 1 fully saturated rings. The number of thiophene rings is 1. The summed E-state index contributed by atoms with van der Waals surface area (Å²) in [6.45, 7) is 2.09. The highest BCUT2D eigenvalue weighted by atomic mass is 32.1. The first-order valence-corrected chi connectivity index (χ1v) is 11.9. The molecule has 5 rings (SSSR count). The fourth-order valence-electron chi connectivity index (χ4n) is 3.73. The zero-order valence-corrected chi connectivity index (χ0v) is 19.1. The first kappa shape index (κ1) is 20.7. The number of benzene rings is 2. The number of carbonyl (C=O) groups is 2. The molecule has 8 heteroatoms. The van der Waals surface area contributed by atoms with E-state index in [1.165, 1.54) is 11.3 Å². The fourth-order valence-corrected chi connectivity index (χ4v) is 5.72. The van der Waals surface area contributed by atoms with Gasteiger partial charge < -0.3 is 14.5 Å². The number of piperazine rings is 1. The van der Waals surface area contributed by atoms with Gasteiger partial charge in [-0.25, -0.2) is 4.98 Å². The highest BCUT2D eigenvalue weighted by Crippen LogP contribution is 2.34. The maximum Gasteiger partial charge on any atom is 0.264 e. The van der Waals surface area contributed by atoms with Crippen molar-refractivity contribution in [3.05, 3.63) is 71.1 Å². The molecule has 0 aliphatic carbocycles. The lowest BCUT2D eigenvalue weighted by Crippen LogP contribution is -2.50. The fraction of sp³-hybridized carbons (Fsp3) is 0.208. The van der Waals surface area contributed by atoms with Crippen molar-refractivity contribution < 1.29 is 14.3 Å². The standard InChI is InChI=1S/C24H21N3O3S2/c1-30-17-8-6-16(7-9-17)23(28)26-12-14-27(15-13-26)24(29)21-11-10-20(31-21)22-25-18-4-2-3-5-19(18)32-22/h2-11H,12-15H2,1H3. The monoisotopic (exact) mass is 463 g/mol. The smallest absolute Gasteiger partial charge is 0.264 e. The van der Waals surface area contributed by atoms with Crippen molar-refractivity contribution in [2.45, 2.75) is 0 Å². The molecule has 32 heavy (non-hydrogen) atoms. The van der Waals surface area contributed by atoms with Gasteiger partial charge in [0.2, 0.25) is 0 Å². The van der Waals surface area contributed by atoms with Crippen LogP contribution in [0.3, 0.4) is 0 Å². The lowest BCUT2D eigenvalue weighted by Gasteiger charge is -2.34. The van der Waals surface area contributed by atoms with Crippen molar-refractivity contribution in [3.63, 3.8) is 0 Å². The number of hydrogen-bond donors (Lipinski definition) is 0. The summed E-state index contributed by atoms with van der Waals surface area (Å²) >= 11 is 3.11. The number of aromatic nitrogens is 1. The average molecular weight is 464 g/mol. The van der Waals surface area contributed by atoms with Gasteiger partial charge >= 0.3 is 0 Å². The number of rotatable bonds is 4. The second kappa shape index (κ2) is 8.72. The number of para-hydroxylation sites is 1. The van der Waals surface area contributed by atoms with E-state index in [1.54, 1.807) is 47.6 Å². The molecule has 0 radical (unpaired) electrons. The highest BCUT2D eigenvalue weighted by molar-refractivity contribution is 7.26. The molecule has 3 heterocycles. The maximum absolute atomic E-state index is 13.0. The van der Waals surface area contributed by atoms with Crippen LogP contribution < -0.4 is 4.74 Å². The van der Waals surface area contributed by atoms with Gasteiger partial charge in [0, 0.05) is 31.7 Å². The van der Waals surface area contributed by atoms with E-state index in [2.05, 4.69) is 11.1 Å². The summed E-state index contributed by atoms with van der Waals surface area (Å²) in [5.74, 6) is 0.714. The first-order valence-electron chi connectivity index (χ1n) is 10.3. The number of methoxy groups -OCH3 is 1. The van der Waals surface area contributed by atoms with Crippen molar-refractivity contribution in [1.29, 1.82) is 0 Å². The highest BCUT2D eigenvalue weighted by Gasteiger charge is 2.26. The van der Waals surface area contributed by atoms with Crippen LogP contribution in [-0.2, 0) is 0 Å². The number of ether oxygens (including phenoxy) is 1. The van der Waals surface area contributed by atoms with Gasteiger partial charge in [0.05, 0.1) is 27.1 Å². The minimum atomic E-state index is -0.0194. The number of amides is 2. The molecule has 2 aromatic carbocycles. The summed E-state index contributed by atoms with van der Waals surface area (Å²) in [5, 5.41) is 0.935. The minimum Gasteiger partial charge on any atom is -0.497 e. The zero-order chi connectivity index (χ0) is 22.1. The first-order chi connectivity index (χ1) is 15.6. The molecule has 2 amide bonds. The van der Waals surface area contributed by atoms with Crippen LogP contribution in [0.15, 0.2) is 60.7 Å². The van der Waals surface area contributed by atoms with Crippen LogP contribution in [0.2, 0.25) is 0 Å². The van der Waals surface area contributed by atoms with Gasteiger partial charge in [-0.15, -0.1) is 22.7 Å². The van der Waals surface area contributed by atoms with E-state index in [9.17, 15) is 9.59 Å². The molecule has 0 spiro atoms. The van der Waals surface area contributed by atoms with Crippen LogP contribution in [0.1, 0.15) is 20.0 Å². The van der Waals surface area contributed by atoms with Crippen LogP contribution in [0.25, 0.3) is 20.1 Å². The molecule has 0 N–H and O–H groups in total. The molecule has 0 atom stereocenters. The van der Waals surface area contributed by atoms with Crippen molar-refractivity contribution >= 4 is 44.7 Å². The van der Waals surface area contributed by atoms with Crippen molar-refractivity contribution in [2.24, 2.45) is 0 Å². The molecule has 0 unspecified atom stereocenters. The normalized spacial score (nSPS) is 14.0. The Morgan fingerprint density at radius 1 is 0.844 bits per heavy atom. The topological polar surface area (TPSA) is 62.7 Å². The van der Waals surface area contributed by atoms with Crippen LogP contribution in [0, 0.1) is 0 Å². The molecule has 0 saturated carbocycles. The van der Waals surface area contributed by atoms with E-state index in [4.69, 9.17) is 4.74 Å². The molecule has 1 aliphatic rings. The Hall–Kier alpha value is -3.23. The summed E-state index contributed by atoms with van der Waals surface area (Å²) in [4.78, 5) is 35.8. The van der Waals surface area contributed by atoms with Gasteiger partial charge in [-0.05, 0) is 48.5 Å². The SMILES string of the molecule is COc1ccc(C(=O)N2CCN(C(=O)c3ccc(-c4nc5ccccc5s4)s3)CC2)cc1. The van der Waals surface area contributed by atoms with E-state index in [-0.39, 0.29) is 11.8 Å². The predicted molar refractivity (Wildman–Crippen MR) is 128 cm³/mol. The molecule has 0 bridgehead atoms. The van der Waals surface area contributed by atoms with E-state index in [0.717, 1.165) is 25.9 Å². The molecular weight excluding hydrogens is 442 g/mol. The number of nitrogens with zero attached hydrogens (tertiary/aromatic N) is 3. The summed E-state index contributed by atoms with van der Waals surface area (Å²) in [6.07, 6.45) is 0. The lowest BCUT2D eigenvalue weighted by molar-refractivity contribution is 0.0538. The number of hydrogen-bond acceptors (Lipinski definition) is 6. The van der Waals surface area contributed by atoms with Gasteiger partial charge in [0.15, 0.2) is 0 Å². The Labute approximate surface area is 193 Å². The Bertz CT molecular complexity index is 1240. The maximum atomic E-state index is 13.0. The number of thiazole rings is 1. The van der Waals surface area contributed by atoms with Crippen LogP contribution in [0.5, 0.6) is 5.75 Å². The third kappa shape index (κ3) is 3.99. The minimum absolute atomic E-state index is 0.0129.